The minimum atomic E-state index is -0.290. The quantitative estimate of drug-likeness (QED) is 0.506. The van der Waals surface area contributed by atoms with E-state index in [1.54, 1.807) is 12.3 Å². The SMILES string of the molecule is C=COC(=O)CCc1ccco1. The first kappa shape index (κ1) is 8.59. The van der Waals surface area contributed by atoms with Crippen LogP contribution in [0.2, 0.25) is 0 Å². The maximum atomic E-state index is 10.8. The fourth-order valence-corrected chi connectivity index (χ4v) is 0.832. The molecule has 0 aliphatic rings. The van der Waals surface area contributed by atoms with E-state index in [-0.39, 0.29) is 5.97 Å². The first-order valence-electron chi connectivity index (χ1n) is 3.65. The Labute approximate surface area is 70.6 Å². The summed E-state index contributed by atoms with van der Waals surface area (Å²) >= 11 is 0. The van der Waals surface area contributed by atoms with E-state index < -0.39 is 0 Å². The maximum Gasteiger partial charge on any atom is 0.311 e. The van der Waals surface area contributed by atoms with Crippen molar-refractivity contribution in [2.45, 2.75) is 12.8 Å². The van der Waals surface area contributed by atoms with Crippen LogP contribution in [0.1, 0.15) is 12.2 Å². The third-order valence-electron chi connectivity index (χ3n) is 1.37. The average molecular weight is 166 g/mol. The Morgan fingerprint density at radius 2 is 2.58 bits per heavy atom. The zero-order valence-corrected chi connectivity index (χ0v) is 6.66. The lowest BCUT2D eigenvalue weighted by Gasteiger charge is -1.95. The Bertz CT molecular complexity index is 249. The van der Waals surface area contributed by atoms with Crippen LogP contribution in [0.3, 0.4) is 0 Å². The molecule has 0 unspecified atom stereocenters. The van der Waals surface area contributed by atoms with Gasteiger partial charge in [0.25, 0.3) is 0 Å². The Hall–Kier alpha value is -1.51. The van der Waals surface area contributed by atoms with Crippen molar-refractivity contribution in [3.05, 3.63) is 37.0 Å². The molecule has 0 aromatic carbocycles. The molecule has 1 heterocycles. The van der Waals surface area contributed by atoms with Gasteiger partial charge in [-0.2, -0.15) is 0 Å². The predicted molar refractivity (Wildman–Crippen MR) is 43.3 cm³/mol. The Morgan fingerprint density at radius 1 is 1.75 bits per heavy atom. The lowest BCUT2D eigenvalue weighted by Crippen LogP contribution is -2.00. The van der Waals surface area contributed by atoms with Crippen molar-refractivity contribution in [1.82, 2.24) is 0 Å². The Kier molecular flexibility index (Phi) is 3.14. The molecule has 1 aromatic heterocycles. The standard InChI is InChI=1S/C9H10O3/c1-2-11-9(10)6-5-8-4-3-7-12-8/h2-4,7H,1,5-6H2. The molecule has 64 valence electrons. The highest BCUT2D eigenvalue weighted by atomic mass is 16.5. The van der Waals surface area contributed by atoms with E-state index in [0.29, 0.717) is 12.8 Å². The normalized spacial score (nSPS) is 9.33. The fourth-order valence-electron chi connectivity index (χ4n) is 0.832. The van der Waals surface area contributed by atoms with Crippen molar-refractivity contribution >= 4 is 5.97 Å². The molecule has 0 N–H and O–H groups in total. The van der Waals surface area contributed by atoms with Gasteiger partial charge in [0.05, 0.1) is 18.9 Å². The van der Waals surface area contributed by atoms with E-state index >= 15 is 0 Å². The van der Waals surface area contributed by atoms with Gasteiger partial charge in [0.2, 0.25) is 0 Å². The van der Waals surface area contributed by atoms with Crippen molar-refractivity contribution in [1.29, 1.82) is 0 Å². The number of carbonyl (C=O) groups excluding carboxylic acids is 1. The molecule has 3 nitrogen and oxygen atoms in total. The van der Waals surface area contributed by atoms with E-state index in [1.165, 1.54) is 0 Å². The molecule has 0 radical (unpaired) electrons. The molecule has 12 heavy (non-hydrogen) atoms. The highest BCUT2D eigenvalue weighted by molar-refractivity contribution is 5.70. The fraction of sp³-hybridized carbons (Fsp3) is 0.222. The minimum Gasteiger partial charge on any atom is -0.469 e. The van der Waals surface area contributed by atoms with Gasteiger partial charge in [0, 0.05) is 6.42 Å². The van der Waals surface area contributed by atoms with Crippen LogP contribution in [0.4, 0.5) is 0 Å². The Morgan fingerprint density at radius 3 is 3.17 bits per heavy atom. The third-order valence-corrected chi connectivity index (χ3v) is 1.37. The zero-order chi connectivity index (χ0) is 8.81. The van der Waals surface area contributed by atoms with Crippen LogP contribution in [0.25, 0.3) is 0 Å². The van der Waals surface area contributed by atoms with Gasteiger partial charge in [-0.3, -0.25) is 4.79 Å². The first-order valence-corrected chi connectivity index (χ1v) is 3.65. The molecule has 0 aliphatic heterocycles. The van der Waals surface area contributed by atoms with Crippen LogP contribution in [0.5, 0.6) is 0 Å². The second kappa shape index (κ2) is 4.38. The summed E-state index contributed by atoms with van der Waals surface area (Å²) in [7, 11) is 0. The van der Waals surface area contributed by atoms with Crippen LogP contribution in [-0.2, 0) is 16.0 Å². The van der Waals surface area contributed by atoms with E-state index in [1.807, 2.05) is 6.07 Å². The second-order valence-electron chi connectivity index (χ2n) is 2.24. The van der Waals surface area contributed by atoms with Gasteiger partial charge in [-0.15, -0.1) is 0 Å². The van der Waals surface area contributed by atoms with E-state index in [0.717, 1.165) is 12.0 Å². The number of ether oxygens (including phenoxy) is 1. The summed E-state index contributed by atoms with van der Waals surface area (Å²) in [5, 5.41) is 0. The number of hydrogen-bond acceptors (Lipinski definition) is 3. The average Bonchev–Trinajstić information content (AvgIpc) is 2.53. The zero-order valence-electron chi connectivity index (χ0n) is 6.66. The highest BCUT2D eigenvalue weighted by Gasteiger charge is 2.02. The predicted octanol–water partition coefficient (Wildman–Crippen LogP) is 1.90. The number of esters is 1. The molecule has 0 saturated heterocycles. The molecule has 3 heteroatoms. The van der Waals surface area contributed by atoms with Gasteiger partial charge in [-0.25, -0.2) is 0 Å². The number of aryl methyl sites for hydroxylation is 1. The summed E-state index contributed by atoms with van der Waals surface area (Å²) in [6.45, 7) is 3.28. The lowest BCUT2D eigenvalue weighted by atomic mass is 10.2. The minimum absolute atomic E-state index is 0.290. The van der Waals surface area contributed by atoms with Crippen LogP contribution in [0.15, 0.2) is 35.7 Å². The van der Waals surface area contributed by atoms with Crippen molar-refractivity contribution in [3.63, 3.8) is 0 Å². The highest BCUT2D eigenvalue weighted by Crippen LogP contribution is 2.03. The number of furan rings is 1. The van der Waals surface area contributed by atoms with Crippen LogP contribution >= 0.6 is 0 Å². The maximum absolute atomic E-state index is 10.8. The third kappa shape index (κ3) is 2.62. The summed E-state index contributed by atoms with van der Waals surface area (Å²) in [4.78, 5) is 10.8. The van der Waals surface area contributed by atoms with Crippen molar-refractivity contribution in [3.8, 4) is 0 Å². The van der Waals surface area contributed by atoms with Crippen molar-refractivity contribution < 1.29 is 13.9 Å². The van der Waals surface area contributed by atoms with E-state index in [4.69, 9.17) is 4.42 Å². The second-order valence-corrected chi connectivity index (χ2v) is 2.24. The monoisotopic (exact) mass is 166 g/mol. The molecule has 0 spiro atoms. The number of rotatable bonds is 4. The number of carbonyl (C=O) groups is 1. The molecular weight excluding hydrogens is 156 g/mol. The molecule has 0 amide bonds. The molecular formula is C9H10O3. The van der Waals surface area contributed by atoms with Gasteiger partial charge < -0.3 is 9.15 Å². The van der Waals surface area contributed by atoms with Gasteiger partial charge in [-0.05, 0) is 12.1 Å². The van der Waals surface area contributed by atoms with E-state index in [2.05, 4.69) is 11.3 Å². The molecule has 0 fully saturated rings. The topological polar surface area (TPSA) is 39.4 Å². The molecule has 0 atom stereocenters. The van der Waals surface area contributed by atoms with Crippen molar-refractivity contribution in [2.24, 2.45) is 0 Å². The smallest absolute Gasteiger partial charge is 0.311 e. The van der Waals surface area contributed by atoms with Gasteiger partial charge >= 0.3 is 5.97 Å². The van der Waals surface area contributed by atoms with E-state index in [9.17, 15) is 4.79 Å². The van der Waals surface area contributed by atoms with Crippen LogP contribution in [-0.4, -0.2) is 5.97 Å². The summed E-state index contributed by atoms with van der Waals surface area (Å²) in [6, 6.07) is 3.61. The molecule has 0 aliphatic carbocycles. The van der Waals surface area contributed by atoms with Crippen molar-refractivity contribution in [2.75, 3.05) is 0 Å². The summed E-state index contributed by atoms with van der Waals surface area (Å²) < 4.78 is 9.55. The van der Waals surface area contributed by atoms with Gasteiger partial charge in [0.15, 0.2) is 0 Å². The Balaban J connectivity index is 2.26. The first-order chi connectivity index (χ1) is 5.83. The molecule has 1 aromatic rings. The summed E-state index contributed by atoms with van der Waals surface area (Å²) in [5.41, 5.74) is 0. The van der Waals surface area contributed by atoms with Gasteiger partial charge in [-0.1, -0.05) is 6.58 Å². The van der Waals surface area contributed by atoms with Gasteiger partial charge in [0.1, 0.15) is 5.76 Å². The molecule has 1 rings (SSSR count). The molecule has 0 saturated carbocycles. The largest absolute Gasteiger partial charge is 0.469 e. The summed E-state index contributed by atoms with van der Waals surface area (Å²) in [5.74, 6) is 0.498. The number of hydrogen-bond donors (Lipinski definition) is 0. The molecule has 0 bridgehead atoms. The van der Waals surface area contributed by atoms with Crippen LogP contribution < -0.4 is 0 Å². The lowest BCUT2D eigenvalue weighted by molar-refractivity contribution is -0.138. The van der Waals surface area contributed by atoms with Crippen LogP contribution in [0, 0.1) is 0 Å². The summed E-state index contributed by atoms with van der Waals surface area (Å²) in [6.07, 6.45) is 3.60.